The first-order valence-corrected chi connectivity index (χ1v) is 11.6. The maximum absolute atomic E-state index is 12.8. The van der Waals surface area contributed by atoms with E-state index in [2.05, 4.69) is 5.43 Å². The van der Waals surface area contributed by atoms with E-state index < -0.39 is 11.8 Å². The molecule has 1 fully saturated rings. The minimum absolute atomic E-state index is 0.0378. The van der Waals surface area contributed by atoms with Gasteiger partial charge in [0.2, 0.25) is 0 Å². The van der Waals surface area contributed by atoms with Crippen LogP contribution in [0.15, 0.2) is 78.4 Å². The number of benzene rings is 3. The Morgan fingerprint density at radius 1 is 0.833 bits per heavy atom. The second-order valence-corrected chi connectivity index (χ2v) is 8.01. The van der Waals surface area contributed by atoms with Crippen LogP contribution in [0.25, 0.3) is 6.08 Å². The molecular formula is C28H28N2O6. The molecule has 3 aromatic rings. The predicted octanol–water partition coefficient (Wildman–Crippen LogP) is 3.94. The van der Waals surface area contributed by atoms with Gasteiger partial charge < -0.3 is 18.9 Å². The van der Waals surface area contributed by atoms with Gasteiger partial charge in [0.05, 0.1) is 26.0 Å². The lowest BCUT2D eigenvalue weighted by molar-refractivity contribution is -0.117. The topological polar surface area (TPSA) is 86.3 Å². The highest BCUT2D eigenvalue weighted by Gasteiger charge is 2.34. The number of nitrogens with one attached hydrogen (secondary N) is 1. The average Bonchev–Trinajstić information content (AvgIpc) is 3.17. The standard InChI is InChI=1S/C28H28N2O6/c1-20-7-6-10-23(17-20)35-15-13-34-14-16-36-25-12-11-21(19-26(25)33-2)18-24-27(31)29-30(28(24)32)22-8-4-3-5-9-22/h3-12,17-19H,13-16H2,1-2H3,(H,29,31)/b24-18+. The minimum Gasteiger partial charge on any atom is -0.493 e. The number of nitrogens with zero attached hydrogens (tertiary/aromatic N) is 1. The quantitative estimate of drug-likeness (QED) is 0.250. The van der Waals surface area contributed by atoms with Crippen molar-refractivity contribution in [2.45, 2.75) is 6.92 Å². The Hall–Kier alpha value is -4.30. The van der Waals surface area contributed by atoms with Gasteiger partial charge in [-0.25, -0.2) is 5.01 Å². The fourth-order valence-corrected chi connectivity index (χ4v) is 3.61. The summed E-state index contributed by atoms with van der Waals surface area (Å²) in [5.41, 5.74) is 4.99. The van der Waals surface area contributed by atoms with Gasteiger partial charge in [0.15, 0.2) is 11.5 Å². The number of anilines is 1. The molecule has 36 heavy (non-hydrogen) atoms. The molecule has 3 aromatic carbocycles. The molecular weight excluding hydrogens is 460 g/mol. The molecule has 8 heteroatoms. The number of aryl methyl sites for hydroxylation is 1. The molecule has 0 radical (unpaired) electrons. The van der Waals surface area contributed by atoms with Crippen LogP contribution in [0.4, 0.5) is 5.69 Å². The summed E-state index contributed by atoms with van der Waals surface area (Å²) < 4.78 is 22.5. The Morgan fingerprint density at radius 3 is 2.36 bits per heavy atom. The highest BCUT2D eigenvalue weighted by molar-refractivity contribution is 6.31. The Balaban J connectivity index is 1.28. The van der Waals surface area contributed by atoms with Crippen LogP contribution in [0, 0.1) is 6.92 Å². The zero-order valence-corrected chi connectivity index (χ0v) is 20.2. The van der Waals surface area contributed by atoms with Gasteiger partial charge in [-0.3, -0.25) is 15.0 Å². The third kappa shape index (κ3) is 6.22. The molecule has 0 aliphatic carbocycles. The van der Waals surface area contributed by atoms with Crippen LogP contribution in [-0.4, -0.2) is 45.4 Å². The van der Waals surface area contributed by atoms with Gasteiger partial charge in [-0.05, 0) is 60.5 Å². The SMILES string of the molecule is COc1cc(/C=C2\C(=O)NN(c3ccccc3)C2=O)ccc1OCCOCCOc1cccc(C)c1. The summed E-state index contributed by atoms with van der Waals surface area (Å²) in [6, 6.07) is 22.0. The van der Waals surface area contributed by atoms with Gasteiger partial charge in [0.1, 0.15) is 24.5 Å². The fraction of sp³-hybridized carbons (Fsp3) is 0.214. The van der Waals surface area contributed by atoms with Crippen LogP contribution in [0.3, 0.4) is 0 Å². The van der Waals surface area contributed by atoms with Gasteiger partial charge in [0.25, 0.3) is 11.8 Å². The largest absolute Gasteiger partial charge is 0.493 e. The third-order valence-corrected chi connectivity index (χ3v) is 5.38. The second kappa shape index (κ2) is 11.9. The van der Waals surface area contributed by atoms with Gasteiger partial charge in [-0.1, -0.05) is 36.4 Å². The Morgan fingerprint density at radius 2 is 1.61 bits per heavy atom. The van der Waals surface area contributed by atoms with Gasteiger partial charge in [-0.15, -0.1) is 0 Å². The molecule has 8 nitrogen and oxygen atoms in total. The van der Waals surface area contributed by atoms with Crippen LogP contribution in [0.5, 0.6) is 17.2 Å². The van der Waals surface area contributed by atoms with Crippen LogP contribution in [-0.2, 0) is 14.3 Å². The first-order valence-electron chi connectivity index (χ1n) is 11.6. The summed E-state index contributed by atoms with van der Waals surface area (Å²) >= 11 is 0. The number of rotatable bonds is 11. The maximum Gasteiger partial charge on any atom is 0.282 e. The van der Waals surface area contributed by atoms with E-state index in [1.807, 2.05) is 37.3 Å². The van der Waals surface area contributed by atoms with Crippen molar-refractivity contribution in [2.75, 3.05) is 38.5 Å². The van der Waals surface area contributed by atoms with Gasteiger partial charge >= 0.3 is 0 Å². The molecule has 0 aromatic heterocycles. The smallest absolute Gasteiger partial charge is 0.282 e. The number of ether oxygens (including phenoxy) is 4. The molecule has 0 unspecified atom stereocenters. The number of hydrogen-bond donors (Lipinski definition) is 1. The van der Waals surface area contributed by atoms with Crippen molar-refractivity contribution >= 4 is 23.6 Å². The molecule has 0 bridgehead atoms. The lowest BCUT2D eigenvalue weighted by atomic mass is 10.1. The number of hydrazine groups is 1. The third-order valence-electron chi connectivity index (χ3n) is 5.38. The van der Waals surface area contributed by atoms with Crippen molar-refractivity contribution in [1.82, 2.24) is 5.43 Å². The highest BCUT2D eigenvalue weighted by atomic mass is 16.6. The molecule has 1 aliphatic heterocycles. The molecule has 0 saturated carbocycles. The van der Waals surface area contributed by atoms with Crippen molar-refractivity contribution in [3.63, 3.8) is 0 Å². The van der Waals surface area contributed by atoms with E-state index in [1.54, 1.807) is 42.5 Å². The summed E-state index contributed by atoms with van der Waals surface area (Å²) in [6.45, 7) is 3.62. The summed E-state index contributed by atoms with van der Waals surface area (Å²) in [5, 5.41) is 1.23. The predicted molar refractivity (Wildman–Crippen MR) is 136 cm³/mol. The zero-order chi connectivity index (χ0) is 25.3. The molecule has 1 heterocycles. The monoisotopic (exact) mass is 488 g/mol. The van der Waals surface area contributed by atoms with E-state index in [-0.39, 0.29) is 5.57 Å². The van der Waals surface area contributed by atoms with E-state index in [1.165, 1.54) is 18.2 Å². The molecule has 1 aliphatic rings. The normalized spacial score (nSPS) is 14.2. The highest BCUT2D eigenvalue weighted by Crippen LogP contribution is 2.30. The van der Waals surface area contributed by atoms with E-state index in [0.29, 0.717) is 49.2 Å². The van der Waals surface area contributed by atoms with Crippen LogP contribution in [0.1, 0.15) is 11.1 Å². The summed E-state index contributed by atoms with van der Waals surface area (Å²) in [7, 11) is 1.53. The molecule has 2 amide bonds. The first-order chi connectivity index (χ1) is 17.5. The van der Waals surface area contributed by atoms with Crippen LogP contribution < -0.4 is 24.6 Å². The number of methoxy groups -OCH3 is 1. The molecule has 186 valence electrons. The molecule has 0 spiro atoms. The molecule has 0 atom stereocenters. The number of carbonyl (C=O) groups is 2. The van der Waals surface area contributed by atoms with E-state index in [9.17, 15) is 9.59 Å². The van der Waals surface area contributed by atoms with E-state index in [4.69, 9.17) is 18.9 Å². The second-order valence-electron chi connectivity index (χ2n) is 8.01. The van der Waals surface area contributed by atoms with Crippen molar-refractivity contribution in [3.8, 4) is 17.2 Å². The maximum atomic E-state index is 12.8. The van der Waals surface area contributed by atoms with Crippen LogP contribution >= 0.6 is 0 Å². The number of hydrogen-bond acceptors (Lipinski definition) is 6. The fourth-order valence-electron chi connectivity index (χ4n) is 3.61. The minimum atomic E-state index is -0.466. The van der Waals surface area contributed by atoms with Crippen LogP contribution in [0.2, 0.25) is 0 Å². The number of para-hydroxylation sites is 1. The Bertz CT molecular complexity index is 1240. The van der Waals surface area contributed by atoms with E-state index >= 15 is 0 Å². The van der Waals surface area contributed by atoms with Crippen molar-refractivity contribution < 1.29 is 28.5 Å². The lowest BCUT2D eigenvalue weighted by Gasteiger charge is -2.14. The van der Waals surface area contributed by atoms with E-state index in [0.717, 1.165) is 11.3 Å². The zero-order valence-electron chi connectivity index (χ0n) is 20.2. The van der Waals surface area contributed by atoms with Crippen molar-refractivity contribution in [2.24, 2.45) is 0 Å². The van der Waals surface area contributed by atoms with Crippen molar-refractivity contribution in [1.29, 1.82) is 0 Å². The average molecular weight is 489 g/mol. The summed E-state index contributed by atoms with van der Waals surface area (Å²) in [5.74, 6) is 0.949. The van der Waals surface area contributed by atoms with Gasteiger partial charge in [0, 0.05) is 0 Å². The molecule has 4 rings (SSSR count). The Kier molecular flexibility index (Phi) is 8.20. The number of amides is 2. The summed E-state index contributed by atoms with van der Waals surface area (Å²) in [4.78, 5) is 25.2. The lowest BCUT2D eigenvalue weighted by Crippen LogP contribution is -2.35. The summed E-state index contributed by atoms with van der Waals surface area (Å²) in [6.07, 6.45) is 1.53. The molecule has 1 N–H and O–H groups in total. The first kappa shape index (κ1) is 24.8. The molecule has 1 saturated heterocycles. The van der Waals surface area contributed by atoms with Gasteiger partial charge in [-0.2, -0.15) is 0 Å². The number of carbonyl (C=O) groups excluding carboxylic acids is 2. The Labute approximate surface area is 210 Å². The van der Waals surface area contributed by atoms with Crippen molar-refractivity contribution in [3.05, 3.63) is 89.5 Å².